The molecule has 0 fully saturated rings. The average molecular weight is 272 g/mol. The molecule has 0 bridgehead atoms. The Hall–Kier alpha value is -2.50. The summed E-state index contributed by atoms with van der Waals surface area (Å²) in [6, 6.07) is 9.10. The van der Waals surface area contributed by atoms with Crippen LogP contribution in [0.25, 0.3) is 0 Å². The van der Waals surface area contributed by atoms with E-state index in [4.69, 9.17) is 10.5 Å². The van der Waals surface area contributed by atoms with Crippen LogP contribution in [0.2, 0.25) is 0 Å². The van der Waals surface area contributed by atoms with E-state index in [9.17, 15) is 4.79 Å². The van der Waals surface area contributed by atoms with Crippen molar-refractivity contribution in [3.8, 4) is 5.75 Å². The van der Waals surface area contributed by atoms with Gasteiger partial charge in [0.25, 0.3) is 5.91 Å². The van der Waals surface area contributed by atoms with Crippen LogP contribution < -0.4 is 15.4 Å². The summed E-state index contributed by atoms with van der Waals surface area (Å²) in [6.07, 6.45) is 0. The molecule has 6 nitrogen and oxygen atoms in total. The van der Waals surface area contributed by atoms with Crippen molar-refractivity contribution < 1.29 is 9.53 Å². The second-order valence-corrected chi connectivity index (χ2v) is 4.54. The number of benzene rings is 1. The number of hydrogen-bond acceptors (Lipinski definition) is 4. The highest BCUT2D eigenvalue weighted by molar-refractivity contribution is 6.06. The number of aryl methyl sites for hydroxylation is 1. The SMILES string of the molecule is CCn1nc(C(=O)N2CCOc3ccccc32)cc1N. The summed E-state index contributed by atoms with van der Waals surface area (Å²) in [5, 5.41) is 4.24. The van der Waals surface area contributed by atoms with E-state index < -0.39 is 0 Å². The Labute approximate surface area is 116 Å². The van der Waals surface area contributed by atoms with Crippen LogP contribution in [0.1, 0.15) is 17.4 Å². The molecule has 1 amide bonds. The van der Waals surface area contributed by atoms with Crippen LogP contribution in [0.4, 0.5) is 11.5 Å². The lowest BCUT2D eigenvalue weighted by Gasteiger charge is -2.28. The number of rotatable bonds is 2. The van der Waals surface area contributed by atoms with Crippen molar-refractivity contribution in [2.45, 2.75) is 13.5 Å². The fourth-order valence-electron chi connectivity index (χ4n) is 2.31. The third kappa shape index (κ3) is 1.99. The van der Waals surface area contributed by atoms with Gasteiger partial charge in [0.05, 0.1) is 12.2 Å². The molecule has 0 aliphatic carbocycles. The van der Waals surface area contributed by atoms with Gasteiger partial charge in [-0.15, -0.1) is 0 Å². The number of fused-ring (bicyclic) bond motifs is 1. The monoisotopic (exact) mass is 272 g/mol. The Balaban J connectivity index is 1.95. The highest BCUT2D eigenvalue weighted by Crippen LogP contribution is 2.31. The molecule has 2 aromatic rings. The van der Waals surface area contributed by atoms with E-state index in [1.807, 2.05) is 31.2 Å². The number of anilines is 2. The van der Waals surface area contributed by atoms with Crippen molar-refractivity contribution in [3.63, 3.8) is 0 Å². The topological polar surface area (TPSA) is 73.4 Å². The number of hydrogen-bond donors (Lipinski definition) is 1. The second-order valence-electron chi connectivity index (χ2n) is 4.54. The van der Waals surface area contributed by atoms with Crippen LogP contribution in [0, 0.1) is 0 Å². The number of nitrogens with zero attached hydrogens (tertiary/aromatic N) is 3. The van der Waals surface area contributed by atoms with E-state index >= 15 is 0 Å². The van der Waals surface area contributed by atoms with Crippen molar-refractivity contribution in [1.82, 2.24) is 9.78 Å². The number of carbonyl (C=O) groups excluding carboxylic acids is 1. The molecule has 0 saturated heterocycles. The molecule has 0 spiro atoms. The first-order valence-corrected chi connectivity index (χ1v) is 6.57. The van der Waals surface area contributed by atoms with Gasteiger partial charge >= 0.3 is 0 Å². The summed E-state index contributed by atoms with van der Waals surface area (Å²) >= 11 is 0. The molecule has 2 N–H and O–H groups in total. The molecule has 0 radical (unpaired) electrons. The first-order chi connectivity index (χ1) is 9.70. The highest BCUT2D eigenvalue weighted by atomic mass is 16.5. The summed E-state index contributed by atoms with van der Waals surface area (Å²) in [5.74, 6) is 1.06. The van der Waals surface area contributed by atoms with Crippen LogP contribution in [-0.2, 0) is 6.54 Å². The third-order valence-corrected chi connectivity index (χ3v) is 3.30. The molecule has 1 aromatic heterocycles. The largest absolute Gasteiger partial charge is 0.490 e. The van der Waals surface area contributed by atoms with Gasteiger partial charge in [-0.25, -0.2) is 4.68 Å². The molecule has 1 aliphatic rings. The molecule has 0 saturated carbocycles. The minimum Gasteiger partial charge on any atom is -0.490 e. The maximum absolute atomic E-state index is 12.6. The lowest BCUT2D eigenvalue weighted by Crippen LogP contribution is -2.38. The van der Waals surface area contributed by atoms with E-state index in [0.717, 1.165) is 11.4 Å². The first kappa shape index (κ1) is 12.5. The number of amides is 1. The van der Waals surface area contributed by atoms with Gasteiger partial charge in [-0.1, -0.05) is 12.1 Å². The molecule has 2 heterocycles. The quantitative estimate of drug-likeness (QED) is 0.899. The fourth-order valence-corrected chi connectivity index (χ4v) is 2.31. The first-order valence-electron chi connectivity index (χ1n) is 6.57. The number of nitrogens with two attached hydrogens (primary N) is 1. The summed E-state index contributed by atoms with van der Waals surface area (Å²) in [5.41, 5.74) is 6.95. The Bertz CT molecular complexity index is 650. The summed E-state index contributed by atoms with van der Waals surface area (Å²) in [4.78, 5) is 14.3. The summed E-state index contributed by atoms with van der Waals surface area (Å²) in [7, 11) is 0. The zero-order valence-electron chi connectivity index (χ0n) is 11.2. The van der Waals surface area contributed by atoms with Gasteiger partial charge in [0.1, 0.15) is 18.2 Å². The predicted octanol–water partition coefficient (Wildman–Crippen LogP) is 1.52. The Kier molecular flexibility index (Phi) is 3.06. The van der Waals surface area contributed by atoms with Gasteiger partial charge in [0.2, 0.25) is 0 Å². The standard InChI is InChI=1S/C14H16N4O2/c1-2-18-13(15)9-10(16-18)14(19)17-7-8-20-12-6-4-3-5-11(12)17/h3-6,9H,2,7-8,15H2,1H3. The normalized spacial score (nSPS) is 13.8. The smallest absolute Gasteiger partial charge is 0.279 e. The Morgan fingerprint density at radius 3 is 3.00 bits per heavy atom. The van der Waals surface area contributed by atoms with E-state index in [1.54, 1.807) is 15.6 Å². The maximum Gasteiger partial charge on any atom is 0.279 e. The molecular weight excluding hydrogens is 256 g/mol. The predicted molar refractivity (Wildman–Crippen MR) is 75.9 cm³/mol. The van der Waals surface area contributed by atoms with E-state index in [0.29, 0.717) is 31.2 Å². The average Bonchev–Trinajstić information content (AvgIpc) is 2.87. The summed E-state index contributed by atoms with van der Waals surface area (Å²) in [6.45, 7) is 3.56. The van der Waals surface area contributed by atoms with Crippen molar-refractivity contribution in [3.05, 3.63) is 36.0 Å². The second kappa shape index (κ2) is 4.88. The van der Waals surface area contributed by atoms with Crippen LogP contribution in [0.5, 0.6) is 5.75 Å². The molecular formula is C14H16N4O2. The van der Waals surface area contributed by atoms with E-state index in [2.05, 4.69) is 5.10 Å². The van der Waals surface area contributed by atoms with Crippen LogP contribution >= 0.6 is 0 Å². The highest BCUT2D eigenvalue weighted by Gasteiger charge is 2.26. The Morgan fingerprint density at radius 1 is 1.45 bits per heavy atom. The maximum atomic E-state index is 12.6. The zero-order chi connectivity index (χ0) is 14.1. The molecule has 0 atom stereocenters. The van der Waals surface area contributed by atoms with Gasteiger partial charge in [0.15, 0.2) is 5.69 Å². The molecule has 1 aromatic carbocycles. The van der Waals surface area contributed by atoms with E-state index in [1.165, 1.54) is 0 Å². The molecule has 1 aliphatic heterocycles. The lowest BCUT2D eigenvalue weighted by molar-refractivity contribution is 0.0971. The van der Waals surface area contributed by atoms with Crippen LogP contribution in [0.15, 0.2) is 30.3 Å². The minimum absolute atomic E-state index is 0.153. The fraction of sp³-hybridized carbons (Fsp3) is 0.286. The third-order valence-electron chi connectivity index (χ3n) is 3.30. The van der Waals surface area contributed by atoms with Gasteiger partial charge < -0.3 is 15.4 Å². The summed E-state index contributed by atoms with van der Waals surface area (Å²) < 4.78 is 7.16. The van der Waals surface area contributed by atoms with Crippen molar-refractivity contribution in [1.29, 1.82) is 0 Å². The molecule has 3 rings (SSSR count). The number of nitrogen functional groups attached to an aromatic ring is 1. The van der Waals surface area contributed by atoms with Gasteiger partial charge in [-0.3, -0.25) is 4.79 Å². The number of ether oxygens (including phenoxy) is 1. The van der Waals surface area contributed by atoms with Crippen molar-refractivity contribution >= 4 is 17.4 Å². The zero-order valence-corrected chi connectivity index (χ0v) is 11.2. The Morgan fingerprint density at radius 2 is 2.25 bits per heavy atom. The van der Waals surface area contributed by atoms with Gasteiger partial charge in [-0.2, -0.15) is 5.10 Å². The van der Waals surface area contributed by atoms with Crippen LogP contribution in [-0.4, -0.2) is 28.8 Å². The molecule has 104 valence electrons. The number of aromatic nitrogens is 2. The van der Waals surface area contributed by atoms with Gasteiger partial charge in [-0.05, 0) is 19.1 Å². The van der Waals surface area contributed by atoms with Crippen LogP contribution in [0.3, 0.4) is 0 Å². The van der Waals surface area contributed by atoms with Crippen molar-refractivity contribution in [2.24, 2.45) is 0 Å². The lowest BCUT2D eigenvalue weighted by atomic mass is 10.2. The van der Waals surface area contributed by atoms with Crippen molar-refractivity contribution in [2.75, 3.05) is 23.8 Å². The molecule has 20 heavy (non-hydrogen) atoms. The number of para-hydroxylation sites is 2. The molecule has 0 unspecified atom stereocenters. The molecule has 6 heteroatoms. The van der Waals surface area contributed by atoms with Gasteiger partial charge in [0, 0.05) is 12.6 Å². The number of carbonyl (C=O) groups is 1. The minimum atomic E-state index is -0.153. The van der Waals surface area contributed by atoms with E-state index in [-0.39, 0.29) is 5.91 Å².